The number of aromatic amines is 1. The lowest BCUT2D eigenvalue weighted by Crippen LogP contribution is -2.22. The maximum absolute atomic E-state index is 13.2. The van der Waals surface area contributed by atoms with Crippen molar-refractivity contribution in [2.24, 2.45) is 0 Å². The number of benzene rings is 2. The Hall–Kier alpha value is -4.00. The van der Waals surface area contributed by atoms with E-state index in [9.17, 15) is 9.59 Å². The number of rotatable bonds is 6. The summed E-state index contributed by atoms with van der Waals surface area (Å²) in [5.74, 6) is 0.588. The molecule has 0 radical (unpaired) electrons. The molecule has 2 heterocycles. The van der Waals surface area contributed by atoms with Crippen molar-refractivity contribution < 1.29 is 4.79 Å². The summed E-state index contributed by atoms with van der Waals surface area (Å²) in [6.07, 6.45) is 2.73. The first kappa shape index (κ1) is 20.9. The van der Waals surface area contributed by atoms with Crippen molar-refractivity contribution in [3.63, 3.8) is 0 Å². The van der Waals surface area contributed by atoms with Gasteiger partial charge in [-0.15, -0.1) is 0 Å². The van der Waals surface area contributed by atoms with E-state index in [1.807, 2.05) is 67.6 Å². The standard InChI is InChI=1S/C26H25N5O2/c1-17-15-23(31(30-17)26-27-22-14-8-13-20(22)25(33)29-26)28-24(32)16-21(18-9-4-2-5-10-18)19-11-6-3-7-12-19/h2-7,9-12,15,21H,8,13-14,16H2,1H3,(H,28,32)(H,27,29,33). The first-order chi connectivity index (χ1) is 16.1. The molecular weight excluding hydrogens is 414 g/mol. The minimum Gasteiger partial charge on any atom is -0.310 e. The van der Waals surface area contributed by atoms with E-state index in [2.05, 4.69) is 20.4 Å². The lowest BCUT2D eigenvalue weighted by molar-refractivity contribution is -0.116. The Balaban J connectivity index is 1.43. The van der Waals surface area contributed by atoms with Gasteiger partial charge < -0.3 is 5.32 Å². The Morgan fingerprint density at radius 1 is 1.06 bits per heavy atom. The smallest absolute Gasteiger partial charge is 0.255 e. The summed E-state index contributed by atoms with van der Waals surface area (Å²) in [6.45, 7) is 1.84. The number of anilines is 1. The molecule has 33 heavy (non-hydrogen) atoms. The fraction of sp³-hybridized carbons (Fsp3) is 0.231. The van der Waals surface area contributed by atoms with E-state index >= 15 is 0 Å². The third-order valence-electron chi connectivity index (χ3n) is 6.02. The topological polar surface area (TPSA) is 92.7 Å². The zero-order valence-electron chi connectivity index (χ0n) is 18.4. The molecule has 7 heteroatoms. The van der Waals surface area contributed by atoms with E-state index in [0.717, 1.165) is 47.3 Å². The third-order valence-corrected chi connectivity index (χ3v) is 6.02. The summed E-state index contributed by atoms with van der Waals surface area (Å²) in [5, 5.41) is 7.45. The van der Waals surface area contributed by atoms with Crippen molar-refractivity contribution in [2.75, 3.05) is 5.32 Å². The van der Waals surface area contributed by atoms with Crippen molar-refractivity contribution >= 4 is 11.7 Å². The van der Waals surface area contributed by atoms with Crippen LogP contribution >= 0.6 is 0 Å². The number of hydrogen-bond acceptors (Lipinski definition) is 4. The fourth-order valence-corrected chi connectivity index (χ4v) is 4.46. The van der Waals surface area contributed by atoms with Crippen molar-refractivity contribution in [3.8, 4) is 5.95 Å². The van der Waals surface area contributed by atoms with Gasteiger partial charge in [0.15, 0.2) is 0 Å². The lowest BCUT2D eigenvalue weighted by Gasteiger charge is -2.18. The monoisotopic (exact) mass is 439 g/mol. The predicted molar refractivity (Wildman–Crippen MR) is 127 cm³/mol. The number of amides is 1. The van der Waals surface area contributed by atoms with Gasteiger partial charge in [0.2, 0.25) is 11.9 Å². The van der Waals surface area contributed by atoms with Crippen molar-refractivity contribution in [2.45, 2.75) is 38.5 Å². The zero-order chi connectivity index (χ0) is 22.8. The molecule has 0 unspecified atom stereocenters. The molecule has 5 rings (SSSR count). The van der Waals surface area contributed by atoms with Gasteiger partial charge in [-0.3, -0.25) is 14.6 Å². The molecule has 2 aromatic heterocycles. The van der Waals surface area contributed by atoms with Crippen LogP contribution in [0.4, 0.5) is 5.82 Å². The summed E-state index contributed by atoms with van der Waals surface area (Å²) in [5.41, 5.74) is 4.30. The minimum absolute atomic E-state index is 0.0807. The first-order valence-corrected chi connectivity index (χ1v) is 11.2. The number of hydrogen-bond donors (Lipinski definition) is 2. The van der Waals surface area contributed by atoms with Crippen molar-refractivity contribution in [1.82, 2.24) is 19.7 Å². The van der Waals surface area contributed by atoms with E-state index in [0.29, 0.717) is 11.8 Å². The van der Waals surface area contributed by atoms with E-state index in [1.54, 1.807) is 6.07 Å². The van der Waals surface area contributed by atoms with Crippen LogP contribution in [0.3, 0.4) is 0 Å². The number of aryl methyl sites for hydroxylation is 2. The number of nitrogens with one attached hydrogen (secondary N) is 2. The summed E-state index contributed by atoms with van der Waals surface area (Å²) in [6, 6.07) is 21.8. The van der Waals surface area contributed by atoms with Gasteiger partial charge in [-0.25, -0.2) is 4.98 Å². The maximum atomic E-state index is 13.2. The highest BCUT2D eigenvalue weighted by Crippen LogP contribution is 2.28. The highest BCUT2D eigenvalue weighted by molar-refractivity contribution is 5.91. The van der Waals surface area contributed by atoms with Crippen molar-refractivity contribution in [1.29, 1.82) is 0 Å². The van der Waals surface area contributed by atoms with Gasteiger partial charge in [0.05, 0.1) is 11.4 Å². The number of carbonyl (C=O) groups is 1. The van der Waals surface area contributed by atoms with Crippen LogP contribution in [0.5, 0.6) is 0 Å². The highest BCUT2D eigenvalue weighted by Gasteiger charge is 2.22. The van der Waals surface area contributed by atoms with Crippen LogP contribution in [-0.2, 0) is 17.6 Å². The minimum atomic E-state index is -0.141. The van der Waals surface area contributed by atoms with Crippen LogP contribution in [0.25, 0.3) is 5.95 Å². The summed E-state index contributed by atoms with van der Waals surface area (Å²) < 4.78 is 1.51. The second-order valence-electron chi connectivity index (χ2n) is 8.38. The maximum Gasteiger partial charge on any atom is 0.255 e. The van der Waals surface area contributed by atoms with E-state index in [-0.39, 0.29) is 23.8 Å². The van der Waals surface area contributed by atoms with Crippen LogP contribution in [-0.4, -0.2) is 25.7 Å². The number of carbonyl (C=O) groups excluding carboxylic acids is 1. The molecule has 0 aliphatic heterocycles. The molecule has 4 aromatic rings. The quantitative estimate of drug-likeness (QED) is 0.476. The van der Waals surface area contributed by atoms with Gasteiger partial charge in [0, 0.05) is 24.0 Å². The Labute approximate surface area is 191 Å². The molecule has 1 aliphatic carbocycles. The molecule has 2 aromatic carbocycles. The zero-order valence-corrected chi connectivity index (χ0v) is 18.4. The van der Waals surface area contributed by atoms with Crippen LogP contribution in [0.1, 0.15) is 46.8 Å². The molecule has 0 fully saturated rings. The van der Waals surface area contributed by atoms with Crippen molar-refractivity contribution in [3.05, 3.63) is 105 Å². The van der Waals surface area contributed by atoms with Gasteiger partial charge in [0.25, 0.3) is 5.56 Å². The second kappa shape index (κ2) is 8.86. The van der Waals surface area contributed by atoms with Gasteiger partial charge in [-0.1, -0.05) is 60.7 Å². The Kier molecular flexibility index (Phi) is 5.60. The molecule has 0 saturated carbocycles. The van der Waals surface area contributed by atoms with Crippen LogP contribution in [0, 0.1) is 6.92 Å². The summed E-state index contributed by atoms with van der Waals surface area (Å²) >= 11 is 0. The van der Waals surface area contributed by atoms with Gasteiger partial charge in [-0.2, -0.15) is 9.78 Å². The molecule has 0 atom stereocenters. The fourth-order valence-electron chi connectivity index (χ4n) is 4.46. The van der Waals surface area contributed by atoms with Gasteiger partial charge >= 0.3 is 0 Å². The Bertz CT molecular complexity index is 1300. The molecule has 1 aliphatic rings. The predicted octanol–water partition coefficient (Wildman–Crippen LogP) is 3.91. The molecule has 7 nitrogen and oxygen atoms in total. The van der Waals surface area contributed by atoms with Gasteiger partial charge in [0.1, 0.15) is 5.82 Å². The van der Waals surface area contributed by atoms with Crippen LogP contribution in [0.15, 0.2) is 71.5 Å². The average molecular weight is 440 g/mol. The van der Waals surface area contributed by atoms with Crippen LogP contribution in [0.2, 0.25) is 0 Å². The number of H-pyrrole nitrogens is 1. The van der Waals surface area contributed by atoms with E-state index < -0.39 is 0 Å². The van der Waals surface area contributed by atoms with E-state index in [1.165, 1.54) is 4.68 Å². The van der Waals surface area contributed by atoms with Gasteiger partial charge in [-0.05, 0) is 37.3 Å². The molecule has 1 amide bonds. The normalized spacial score (nSPS) is 12.7. The lowest BCUT2D eigenvalue weighted by atomic mass is 9.88. The largest absolute Gasteiger partial charge is 0.310 e. The third kappa shape index (κ3) is 4.35. The first-order valence-electron chi connectivity index (χ1n) is 11.2. The molecule has 166 valence electrons. The van der Waals surface area contributed by atoms with Crippen LogP contribution < -0.4 is 10.9 Å². The SMILES string of the molecule is Cc1cc(NC(=O)CC(c2ccccc2)c2ccccc2)n(-c2nc3c(c(=O)[nH]2)CCC3)n1. The molecule has 0 bridgehead atoms. The Morgan fingerprint density at radius 3 is 2.39 bits per heavy atom. The number of nitrogens with zero attached hydrogens (tertiary/aromatic N) is 3. The average Bonchev–Trinajstić information content (AvgIpc) is 3.45. The number of aromatic nitrogens is 4. The second-order valence-corrected chi connectivity index (χ2v) is 8.38. The highest BCUT2D eigenvalue weighted by atomic mass is 16.1. The molecule has 2 N–H and O–H groups in total. The molecular formula is C26H25N5O2. The summed E-state index contributed by atoms with van der Waals surface area (Å²) in [4.78, 5) is 33.1. The number of fused-ring (bicyclic) bond motifs is 1. The summed E-state index contributed by atoms with van der Waals surface area (Å²) in [7, 11) is 0. The molecule has 0 saturated heterocycles. The van der Waals surface area contributed by atoms with E-state index in [4.69, 9.17) is 0 Å². The Morgan fingerprint density at radius 2 is 1.73 bits per heavy atom. The molecule has 0 spiro atoms.